The molecular weight excluding hydrogens is 250 g/mol. The molecule has 1 saturated heterocycles. The minimum atomic E-state index is -0.654. The number of likely N-dealkylation sites (tertiary alicyclic amines) is 1. The van der Waals surface area contributed by atoms with Crippen LogP contribution >= 0.6 is 0 Å². The predicted molar refractivity (Wildman–Crippen MR) is 64.2 cm³/mol. The van der Waals surface area contributed by atoms with Crippen molar-refractivity contribution in [3.8, 4) is 0 Å². The molecular formula is C11H15N5O3. The Morgan fingerprint density at radius 1 is 1.37 bits per heavy atom. The first kappa shape index (κ1) is 11.9. The van der Waals surface area contributed by atoms with Gasteiger partial charge in [-0.15, -0.1) is 0 Å². The van der Waals surface area contributed by atoms with E-state index in [1.165, 1.54) is 9.47 Å². The normalized spacial score (nSPS) is 22.4. The van der Waals surface area contributed by atoms with Crippen LogP contribution in [0.5, 0.6) is 0 Å². The van der Waals surface area contributed by atoms with Gasteiger partial charge in [-0.25, -0.2) is 9.89 Å². The van der Waals surface area contributed by atoms with E-state index in [2.05, 4.69) is 10.2 Å². The third kappa shape index (κ3) is 1.92. The highest BCUT2D eigenvalue weighted by Gasteiger charge is 2.35. The fourth-order valence-electron chi connectivity index (χ4n) is 2.74. The summed E-state index contributed by atoms with van der Waals surface area (Å²) in [5.74, 6) is 0.328. The van der Waals surface area contributed by atoms with Crippen molar-refractivity contribution in [1.82, 2.24) is 24.6 Å². The van der Waals surface area contributed by atoms with Gasteiger partial charge in [0.25, 0.3) is 0 Å². The van der Waals surface area contributed by atoms with Gasteiger partial charge in [-0.05, 0) is 12.8 Å². The standard InChI is InChI=1S/C11H15N5O3/c17-7-14-5-8(10(18)15-3-1-2-4-15)16-9(6-14)12-13-11(16)19/h7-8H,1-6H2,(H,13,19). The van der Waals surface area contributed by atoms with Crippen LogP contribution in [0.3, 0.4) is 0 Å². The first-order valence-electron chi connectivity index (χ1n) is 6.34. The molecule has 0 saturated carbocycles. The second-order valence-electron chi connectivity index (χ2n) is 4.90. The monoisotopic (exact) mass is 265 g/mol. The molecule has 102 valence electrons. The van der Waals surface area contributed by atoms with Crippen LogP contribution in [0, 0.1) is 0 Å². The summed E-state index contributed by atoms with van der Waals surface area (Å²) in [4.78, 5) is 38.4. The molecule has 3 heterocycles. The van der Waals surface area contributed by atoms with Gasteiger partial charge in [0, 0.05) is 13.1 Å². The summed E-state index contributed by atoms with van der Waals surface area (Å²) >= 11 is 0. The van der Waals surface area contributed by atoms with E-state index < -0.39 is 11.7 Å². The van der Waals surface area contributed by atoms with Crippen molar-refractivity contribution >= 4 is 12.3 Å². The third-order valence-electron chi connectivity index (χ3n) is 3.69. The van der Waals surface area contributed by atoms with E-state index in [4.69, 9.17) is 0 Å². The number of aromatic amines is 1. The summed E-state index contributed by atoms with van der Waals surface area (Å²) in [6.45, 7) is 1.92. The quantitative estimate of drug-likeness (QED) is 0.673. The fourth-order valence-corrected chi connectivity index (χ4v) is 2.74. The Bertz CT molecular complexity index is 557. The highest BCUT2D eigenvalue weighted by atomic mass is 16.2. The Kier molecular flexibility index (Phi) is 2.84. The Labute approximate surface area is 109 Å². The molecule has 0 aromatic carbocycles. The van der Waals surface area contributed by atoms with Gasteiger partial charge in [0.1, 0.15) is 6.04 Å². The zero-order valence-electron chi connectivity index (χ0n) is 10.4. The summed E-state index contributed by atoms with van der Waals surface area (Å²) in [7, 11) is 0. The van der Waals surface area contributed by atoms with Crippen molar-refractivity contribution in [2.45, 2.75) is 25.4 Å². The molecule has 0 aliphatic carbocycles. The summed E-state index contributed by atoms with van der Waals surface area (Å²) in [6, 6.07) is -0.654. The van der Waals surface area contributed by atoms with Crippen LogP contribution in [-0.2, 0) is 16.1 Å². The fraction of sp³-hybridized carbons (Fsp3) is 0.636. The molecule has 1 aromatic rings. The Morgan fingerprint density at radius 2 is 2.11 bits per heavy atom. The molecule has 3 rings (SSSR count). The molecule has 1 atom stereocenters. The lowest BCUT2D eigenvalue weighted by atomic mass is 10.2. The van der Waals surface area contributed by atoms with E-state index in [0.29, 0.717) is 12.2 Å². The maximum absolute atomic E-state index is 12.5. The molecule has 1 fully saturated rings. The topological polar surface area (TPSA) is 91.3 Å². The van der Waals surface area contributed by atoms with E-state index in [-0.39, 0.29) is 19.0 Å². The molecule has 8 heteroatoms. The summed E-state index contributed by atoms with van der Waals surface area (Å²) in [5, 5.41) is 6.21. The van der Waals surface area contributed by atoms with Crippen molar-refractivity contribution in [1.29, 1.82) is 0 Å². The van der Waals surface area contributed by atoms with Crippen LogP contribution in [0.15, 0.2) is 4.79 Å². The predicted octanol–water partition coefficient (Wildman–Crippen LogP) is -1.29. The molecule has 2 aliphatic rings. The van der Waals surface area contributed by atoms with Gasteiger partial charge < -0.3 is 9.80 Å². The van der Waals surface area contributed by atoms with Gasteiger partial charge in [-0.1, -0.05) is 0 Å². The Hall–Kier alpha value is -2.12. The largest absolute Gasteiger partial charge is 0.344 e. The molecule has 8 nitrogen and oxygen atoms in total. The molecule has 0 radical (unpaired) electrons. The zero-order chi connectivity index (χ0) is 13.4. The Balaban J connectivity index is 1.95. The average molecular weight is 265 g/mol. The number of hydrogen-bond donors (Lipinski definition) is 1. The maximum Gasteiger partial charge on any atom is 0.344 e. The molecule has 1 unspecified atom stereocenters. The maximum atomic E-state index is 12.5. The molecule has 0 bridgehead atoms. The summed E-state index contributed by atoms with van der Waals surface area (Å²) in [5.41, 5.74) is -0.391. The van der Waals surface area contributed by atoms with E-state index in [0.717, 1.165) is 25.9 Å². The number of amides is 2. The van der Waals surface area contributed by atoms with Crippen LogP contribution < -0.4 is 5.69 Å². The van der Waals surface area contributed by atoms with E-state index in [1.807, 2.05) is 0 Å². The van der Waals surface area contributed by atoms with Crippen LogP contribution in [0.2, 0.25) is 0 Å². The smallest absolute Gasteiger partial charge is 0.341 e. The highest BCUT2D eigenvalue weighted by Crippen LogP contribution is 2.21. The van der Waals surface area contributed by atoms with Crippen LogP contribution in [0.1, 0.15) is 24.7 Å². The first-order chi connectivity index (χ1) is 9.20. The second kappa shape index (κ2) is 4.52. The number of carbonyl (C=O) groups is 2. The van der Waals surface area contributed by atoms with Gasteiger partial charge in [-0.3, -0.25) is 14.2 Å². The van der Waals surface area contributed by atoms with Crippen LogP contribution in [0.4, 0.5) is 0 Å². The number of nitrogens with zero attached hydrogens (tertiary/aromatic N) is 4. The number of nitrogens with one attached hydrogen (secondary N) is 1. The number of fused-ring (bicyclic) bond motifs is 1. The highest BCUT2D eigenvalue weighted by molar-refractivity contribution is 5.81. The van der Waals surface area contributed by atoms with Gasteiger partial charge in [0.2, 0.25) is 12.3 Å². The number of hydrogen-bond acceptors (Lipinski definition) is 4. The second-order valence-corrected chi connectivity index (χ2v) is 4.90. The number of aromatic nitrogens is 3. The van der Waals surface area contributed by atoms with Crippen molar-refractivity contribution in [2.75, 3.05) is 19.6 Å². The van der Waals surface area contributed by atoms with Crippen molar-refractivity contribution in [3.63, 3.8) is 0 Å². The summed E-state index contributed by atoms with van der Waals surface area (Å²) < 4.78 is 1.38. The van der Waals surface area contributed by atoms with Crippen molar-refractivity contribution < 1.29 is 9.59 Å². The lowest BCUT2D eigenvalue weighted by Crippen LogP contribution is -2.47. The van der Waals surface area contributed by atoms with Gasteiger partial charge in [-0.2, -0.15) is 5.10 Å². The first-order valence-corrected chi connectivity index (χ1v) is 6.34. The lowest BCUT2D eigenvalue weighted by Gasteiger charge is -2.31. The SMILES string of the molecule is O=CN1Cc2n[nH]c(=O)n2C(C(=O)N2CCCC2)C1. The molecule has 19 heavy (non-hydrogen) atoms. The molecule has 2 amide bonds. The third-order valence-corrected chi connectivity index (χ3v) is 3.69. The molecule has 2 aliphatic heterocycles. The van der Waals surface area contributed by atoms with E-state index >= 15 is 0 Å². The number of carbonyl (C=O) groups excluding carboxylic acids is 2. The molecule has 1 N–H and O–H groups in total. The van der Waals surface area contributed by atoms with E-state index in [1.54, 1.807) is 4.90 Å². The van der Waals surface area contributed by atoms with Crippen LogP contribution in [-0.4, -0.2) is 56.5 Å². The Morgan fingerprint density at radius 3 is 2.79 bits per heavy atom. The van der Waals surface area contributed by atoms with Crippen molar-refractivity contribution in [2.24, 2.45) is 0 Å². The number of H-pyrrole nitrogens is 1. The average Bonchev–Trinajstić information content (AvgIpc) is 3.07. The zero-order valence-corrected chi connectivity index (χ0v) is 10.4. The van der Waals surface area contributed by atoms with E-state index in [9.17, 15) is 14.4 Å². The van der Waals surface area contributed by atoms with Gasteiger partial charge in [0.05, 0.1) is 13.1 Å². The van der Waals surface area contributed by atoms with Gasteiger partial charge in [0.15, 0.2) is 5.82 Å². The molecule has 0 spiro atoms. The number of rotatable bonds is 2. The van der Waals surface area contributed by atoms with Crippen molar-refractivity contribution in [3.05, 3.63) is 16.3 Å². The van der Waals surface area contributed by atoms with Gasteiger partial charge >= 0.3 is 5.69 Å². The molecule has 1 aromatic heterocycles. The lowest BCUT2D eigenvalue weighted by molar-refractivity contribution is -0.136. The minimum Gasteiger partial charge on any atom is -0.341 e. The summed E-state index contributed by atoms with van der Waals surface area (Å²) in [6.07, 6.45) is 2.67. The van der Waals surface area contributed by atoms with Crippen LogP contribution in [0.25, 0.3) is 0 Å². The minimum absolute atomic E-state index is 0.103.